The fourth-order valence-electron chi connectivity index (χ4n) is 2.45. The normalized spacial score (nSPS) is 14.9. The second-order valence-corrected chi connectivity index (χ2v) is 5.02. The minimum absolute atomic E-state index is 0.573. The van der Waals surface area contributed by atoms with Crippen LogP contribution in [0.5, 0.6) is 5.75 Å². The van der Waals surface area contributed by atoms with Gasteiger partial charge in [0, 0.05) is 11.6 Å². The summed E-state index contributed by atoms with van der Waals surface area (Å²) in [5, 5.41) is 0. The quantitative estimate of drug-likeness (QED) is 0.867. The lowest BCUT2D eigenvalue weighted by atomic mass is 10.2. The van der Waals surface area contributed by atoms with Crippen molar-refractivity contribution in [2.24, 2.45) is 5.73 Å². The van der Waals surface area contributed by atoms with Crippen LogP contribution in [0.3, 0.4) is 0 Å². The molecule has 3 rings (SSSR count). The first-order chi connectivity index (χ1) is 10.3. The Balaban J connectivity index is 1.79. The van der Waals surface area contributed by atoms with Gasteiger partial charge < -0.3 is 4.74 Å². The van der Waals surface area contributed by atoms with Crippen molar-refractivity contribution in [1.82, 2.24) is 0 Å². The van der Waals surface area contributed by atoms with E-state index >= 15 is 0 Å². The molecule has 21 heavy (non-hydrogen) atoms. The predicted octanol–water partition coefficient (Wildman–Crippen LogP) is 3.66. The van der Waals surface area contributed by atoms with Gasteiger partial charge in [0.15, 0.2) is 0 Å². The largest absolute Gasteiger partial charge is 0.489 e. The summed E-state index contributed by atoms with van der Waals surface area (Å²) in [6, 6.07) is 16.2. The highest BCUT2D eigenvalue weighted by Gasteiger charge is 2.21. The van der Waals surface area contributed by atoms with E-state index in [4.69, 9.17) is 10.5 Å². The Morgan fingerprint density at radius 3 is 2.71 bits per heavy atom. The lowest BCUT2D eigenvalue weighted by Gasteiger charge is -2.07. The van der Waals surface area contributed by atoms with Crippen LogP contribution in [-0.2, 0) is 6.61 Å². The van der Waals surface area contributed by atoms with Gasteiger partial charge in [-0.3, -0.25) is 5.73 Å². The molecule has 3 nitrogen and oxygen atoms in total. The van der Waals surface area contributed by atoms with Gasteiger partial charge >= 0.3 is 0 Å². The molecule has 0 saturated heterocycles. The summed E-state index contributed by atoms with van der Waals surface area (Å²) in [6.45, 7) is 2.67. The highest BCUT2D eigenvalue weighted by Crippen LogP contribution is 2.32. The molecular formula is C18H19N2O+. The van der Waals surface area contributed by atoms with Crippen molar-refractivity contribution in [3.63, 3.8) is 0 Å². The molecule has 2 N–H and O–H groups in total. The zero-order valence-electron chi connectivity index (χ0n) is 12.1. The van der Waals surface area contributed by atoms with Crippen molar-refractivity contribution < 1.29 is 9.31 Å². The first kappa shape index (κ1) is 13.4. The molecule has 0 aliphatic carbocycles. The summed E-state index contributed by atoms with van der Waals surface area (Å²) in [5.74, 6) is 1.62. The molecule has 0 radical (unpaired) electrons. The average molecular weight is 279 g/mol. The van der Waals surface area contributed by atoms with Gasteiger partial charge in [0.1, 0.15) is 18.0 Å². The summed E-state index contributed by atoms with van der Waals surface area (Å²) in [4.78, 5) is 0. The van der Waals surface area contributed by atoms with E-state index in [9.17, 15) is 0 Å². The van der Waals surface area contributed by atoms with Crippen LogP contribution in [0.25, 0.3) is 6.08 Å². The van der Waals surface area contributed by atoms with Crippen molar-refractivity contribution in [2.45, 2.75) is 20.0 Å². The van der Waals surface area contributed by atoms with Crippen molar-refractivity contribution in [2.75, 3.05) is 0 Å². The van der Waals surface area contributed by atoms with E-state index in [2.05, 4.69) is 31.3 Å². The molecule has 1 heterocycles. The maximum atomic E-state index is 6.05. The minimum atomic E-state index is 0.573. The maximum absolute atomic E-state index is 6.05. The number of ether oxygens (including phenoxy) is 1. The van der Waals surface area contributed by atoms with Crippen molar-refractivity contribution in [3.8, 4) is 5.75 Å². The van der Waals surface area contributed by atoms with Crippen LogP contribution >= 0.6 is 0 Å². The highest BCUT2D eigenvalue weighted by molar-refractivity contribution is 5.70. The highest BCUT2D eigenvalue weighted by atomic mass is 16.5. The number of nitrogens with zero attached hydrogens (tertiary/aromatic N) is 1. The Labute approximate surface area is 125 Å². The average Bonchev–Trinajstić information content (AvgIpc) is 2.82. The van der Waals surface area contributed by atoms with Crippen molar-refractivity contribution in [1.29, 1.82) is 0 Å². The smallest absolute Gasteiger partial charge is 0.277 e. The lowest BCUT2D eigenvalue weighted by molar-refractivity contribution is -0.375. The van der Waals surface area contributed by atoms with Gasteiger partial charge in [-0.15, -0.1) is 0 Å². The number of hydrogen-bond donors (Lipinski definition) is 1. The van der Waals surface area contributed by atoms with Crippen molar-refractivity contribution >= 4 is 18.0 Å². The summed E-state index contributed by atoms with van der Waals surface area (Å²) >= 11 is 0. The van der Waals surface area contributed by atoms with Crippen LogP contribution in [-0.4, -0.2) is 10.8 Å². The maximum Gasteiger partial charge on any atom is 0.277 e. The number of hydrogen-bond acceptors (Lipinski definition) is 2. The Kier molecular flexibility index (Phi) is 3.73. The van der Waals surface area contributed by atoms with Gasteiger partial charge in [0.05, 0.1) is 6.21 Å². The van der Waals surface area contributed by atoms with Crippen LogP contribution in [0.1, 0.15) is 24.5 Å². The minimum Gasteiger partial charge on any atom is -0.489 e. The van der Waals surface area contributed by atoms with Gasteiger partial charge in [0.2, 0.25) is 0 Å². The summed E-state index contributed by atoms with van der Waals surface area (Å²) < 4.78 is 7.87. The van der Waals surface area contributed by atoms with Gasteiger partial charge in [0.25, 0.3) is 5.82 Å². The van der Waals surface area contributed by atoms with Crippen LogP contribution < -0.4 is 10.5 Å². The Morgan fingerprint density at radius 2 is 1.95 bits per heavy atom. The molecule has 0 atom stereocenters. The van der Waals surface area contributed by atoms with E-state index in [1.165, 1.54) is 0 Å². The number of benzene rings is 2. The third-order valence-electron chi connectivity index (χ3n) is 3.45. The van der Waals surface area contributed by atoms with Gasteiger partial charge in [-0.2, -0.15) is 0 Å². The lowest BCUT2D eigenvalue weighted by Crippen LogP contribution is -2.10. The van der Waals surface area contributed by atoms with E-state index in [1.807, 2.05) is 41.0 Å². The third kappa shape index (κ3) is 2.82. The number of fused-ring (bicyclic) bond motifs is 1. The summed E-state index contributed by atoms with van der Waals surface area (Å²) in [7, 11) is 0. The van der Waals surface area contributed by atoms with Crippen molar-refractivity contribution in [3.05, 3.63) is 65.5 Å². The third-order valence-corrected chi connectivity index (χ3v) is 3.45. The molecule has 0 saturated carbocycles. The molecule has 0 unspecified atom stereocenters. The molecule has 0 fully saturated rings. The SMILES string of the molecule is CCC=[N+]1C(N)=Cc2cc(OCc3ccccc3)ccc21. The second-order valence-electron chi connectivity index (χ2n) is 5.02. The molecule has 2 aromatic carbocycles. The van der Waals surface area contributed by atoms with E-state index in [0.717, 1.165) is 34.8 Å². The van der Waals surface area contributed by atoms with Crippen LogP contribution in [0.15, 0.2) is 54.4 Å². The standard InChI is InChI=1S/C18H19N2O/c1-2-10-20-17-9-8-16(11-15(17)12-18(20)19)21-13-14-6-4-3-5-7-14/h3-12H,2,13,19H2,1H3/q+1. The van der Waals surface area contributed by atoms with Crippen LogP contribution in [0.4, 0.5) is 5.69 Å². The van der Waals surface area contributed by atoms with E-state index in [1.54, 1.807) is 0 Å². The molecule has 106 valence electrons. The molecule has 0 bridgehead atoms. The first-order valence-corrected chi connectivity index (χ1v) is 7.18. The molecular weight excluding hydrogens is 260 g/mol. The number of rotatable bonds is 4. The predicted molar refractivity (Wildman–Crippen MR) is 85.7 cm³/mol. The monoisotopic (exact) mass is 279 g/mol. The molecule has 2 aromatic rings. The Bertz CT molecular complexity index is 702. The molecule has 0 spiro atoms. The Morgan fingerprint density at radius 1 is 1.14 bits per heavy atom. The zero-order chi connectivity index (χ0) is 14.7. The van der Waals surface area contributed by atoms with E-state index < -0.39 is 0 Å². The van der Waals surface area contributed by atoms with Crippen LogP contribution in [0.2, 0.25) is 0 Å². The van der Waals surface area contributed by atoms with E-state index in [0.29, 0.717) is 6.61 Å². The summed E-state index contributed by atoms with van der Waals surface area (Å²) in [5.41, 5.74) is 9.42. The topological polar surface area (TPSA) is 38.3 Å². The second kappa shape index (κ2) is 5.83. The van der Waals surface area contributed by atoms with Gasteiger partial charge in [-0.05, 0) is 30.2 Å². The fourth-order valence-corrected chi connectivity index (χ4v) is 2.45. The van der Waals surface area contributed by atoms with Gasteiger partial charge in [-0.1, -0.05) is 37.3 Å². The molecule has 3 heteroatoms. The number of nitrogens with two attached hydrogens (primary N) is 1. The molecule has 0 amide bonds. The summed E-state index contributed by atoms with van der Waals surface area (Å²) in [6.07, 6.45) is 5.01. The Hall–Kier alpha value is -2.55. The zero-order valence-corrected chi connectivity index (χ0v) is 12.1. The fraction of sp³-hybridized carbons (Fsp3) is 0.167. The molecule has 1 aliphatic rings. The van der Waals surface area contributed by atoms with E-state index in [-0.39, 0.29) is 0 Å². The first-order valence-electron chi connectivity index (χ1n) is 7.18. The van der Waals surface area contributed by atoms with Gasteiger partial charge in [-0.25, -0.2) is 4.58 Å². The molecule has 1 aliphatic heterocycles. The van der Waals surface area contributed by atoms with Crippen LogP contribution in [0, 0.1) is 0 Å². The molecule has 0 aromatic heterocycles.